The lowest BCUT2D eigenvalue weighted by Gasteiger charge is -2.39. The highest BCUT2D eigenvalue weighted by Gasteiger charge is 2.46. The van der Waals surface area contributed by atoms with E-state index in [1.54, 1.807) is 4.90 Å². The zero-order valence-corrected chi connectivity index (χ0v) is 15.5. The van der Waals surface area contributed by atoms with Crippen molar-refractivity contribution in [3.05, 3.63) is 41.7 Å². The van der Waals surface area contributed by atoms with Gasteiger partial charge in [-0.15, -0.1) is 0 Å². The SMILES string of the molecule is Cc1ccccc1-c1cc(C[C@]2(C(=O)O)CCCN(C(=O)C3CC3)C2)on1. The van der Waals surface area contributed by atoms with Crippen LogP contribution in [0.1, 0.15) is 37.0 Å². The fraction of sp³-hybridized carbons (Fsp3) is 0.476. The topological polar surface area (TPSA) is 83.6 Å². The predicted octanol–water partition coefficient (Wildman–Crippen LogP) is 3.30. The van der Waals surface area contributed by atoms with Crippen molar-refractivity contribution < 1.29 is 19.2 Å². The predicted molar refractivity (Wildman–Crippen MR) is 99.0 cm³/mol. The van der Waals surface area contributed by atoms with E-state index in [-0.39, 0.29) is 24.8 Å². The van der Waals surface area contributed by atoms with Gasteiger partial charge in [-0.3, -0.25) is 9.59 Å². The minimum atomic E-state index is -1.01. The summed E-state index contributed by atoms with van der Waals surface area (Å²) in [5.41, 5.74) is 1.77. The Labute approximate surface area is 158 Å². The molecule has 1 aliphatic carbocycles. The van der Waals surface area contributed by atoms with Gasteiger partial charge in [0.25, 0.3) is 0 Å². The summed E-state index contributed by atoms with van der Waals surface area (Å²) < 4.78 is 5.49. The van der Waals surface area contributed by atoms with Crippen molar-refractivity contribution in [3.8, 4) is 11.3 Å². The zero-order valence-electron chi connectivity index (χ0n) is 15.5. The number of aliphatic carboxylic acids is 1. The Morgan fingerprint density at radius 2 is 2.11 bits per heavy atom. The Hall–Kier alpha value is -2.63. The minimum absolute atomic E-state index is 0.104. The summed E-state index contributed by atoms with van der Waals surface area (Å²) in [5, 5.41) is 14.1. The monoisotopic (exact) mass is 368 g/mol. The second-order valence-electron chi connectivity index (χ2n) is 7.89. The molecule has 142 valence electrons. The van der Waals surface area contributed by atoms with Gasteiger partial charge in [0.15, 0.2) is 0 Å². The Bertz CT molecular complexity index is 871. The molecule has 4 rings (SSSR count). The summed E-state index contributed by atoms with van der Waals surface area (Å²) in [6, 6.07) is 9.71. The van der Waals surface area contributed by atoms with Crippen LogP contribution in [0.5, 0.6) is 0 Å². The first kappa shape index (κ1) is 17.8. The first-order valence-corrected chi connectivity index (χ1v) is 9.52. The van der Waals surface area contributed by atoms with Crippen molar-refractivity contribution in [2.75, 3.05) is 13.1 Å². The number of hydrogen-bond acceptors (Lipinski definition) is 4. The maximum atomic E-state index is 12.4. The van der Waals surface area contributed by atoms with Crippen molar-refractivity contribution in [3.63, 3.8) is 0 Å². The van der Waals surface area contributed by atoms with Crippen molar-refractivity contribution >= 4 is 11.9 Å². The number of nitrogens with zero attached hydrogens (tertiary/aromatic N) is 2. The summed E-state index contributed by atoms with van der Waals surface area (Å²) in [5.74, 6) is -0.105. The summed E-state index contributed by atoms with van der Waals surface area (Å²) >= 11 is 0. The number of carbonyl (C=O) groups is 2. The van der Waals surface area contributed by atoms with Crippen molar-refractivity contribution in [1.29, 1.82) is 0 Å². The molecule has 1 saturated heterocycles. The molecule has 2 aromatic rings. The molecule has 2 aliphatic rings. The summed E-state index contributed by atoms with van der Waals surface area (Å²) in [6.45, 7) is 2.90. The number of aryl methyl sites for hydroxylation is 1. The van der Waals surface area contributed by atoms with Gasteiger partial charge in [0.1, 0.15) is 11.5 Å². The maximum absolute atomic E-state index is 12.4. The third-order valence-corrected chi connectivity index (χ3v) is 5.76. The molecule has 0 bridgehead atoms. The number of hydrogen-bond donors (Lipinski definition) is 1. The molecule has 1 saturated carbocycles. The average molecular weight is 368 g/mol. The van der Waals surface area contributed by atoms with Gasteiger partial charge in [-0.1, -0.05) is 29.4 Å². The molecule has 6 heteroatoms. The van der Waals surface area contributed by atoms with Gasteiger partial charge >= 0.3 is 5.97 Å². The van der Waals surface area contributed by atoms with E-state index in [0.29, 0.717) is 30.8 Å². The number of piperidine rings is 1. The molecule has 2 fully saturated rings. The van der Waals surface area contributed by atoms with E-state index in [1.165, 1.54) is 0 Å². The van der Waals surface area contributed by atoms with Gasteiger partial charge in [0.2, 0.25) is 5.91 Å². The van der Waals surface area contributed by atoms with E-state index in [2.05, 4.69) is 5.16 Å². The normalized spacial score (nSPS) is 22.6. The molecular weight excluding hydrogens is 344 g/mol. The molecule has 1 aliphatic heterocycles. The second-order valence-corrected chi connectivity index (χ2v) is 7.89. The standard InChI is InChI=1S/C21H24N2O4/c1-14-5-2-3-6-17(14)18-11-16(27-22-18)12-21(20(25)26)9-4-10-23(13-21)19(24)15-7-8-15/h2-3,5-6,11,15H,4,7-10,12-13H2,1H3,(H,25,26)/t21-/m1/s1. The number of rotatable bonds is 5. The number of carboxylic acids is 1. The van der Waals surface area contributed by atoms with E-state index in [9.17, 15) is 14.7 Å². The molecule has 0 spiro atoms. The smallest absolute Gasteiger partial charge is 0.311 e. The fourth-order valence-electron chi connectivity index (χ4n) is 4.02. The molecule has 1 aromatic carbocycles. The van der Waals surface area contributed by atoms with Crippen LogP contribution in [0.4, 0.5) is 0 Å². The lowest BCUT2D eigenvalue weighted by atomic mass is 9.76. The van der Waals surface area contributed by atoms with Crippen LogP contribution in [0.3, 0.4) is 0 Å². The quantitative estimate of drug-likeness (QED) is 0.875. The minimum Gasteiger partial charge on any atom is -0.481 e. The van der Waals surface area contributed by atoms with Crippen LogP contribution in [-0.2, 0) is 16.0 Å². The molecule has 1 atom stereocenters. The molecule has 6 nitrogen and oxygen atoms in total. The highest BCUT2D eigenvalue weighted by molar-refractivity contribution is 5.83. The molecule has 0 unspecified atom stereocenters. The Balaban J connectivity index is 1.56. The first-order chi connectivity index (χ1) is 13.0. The zero-order chi connectivity index (χ0) is 19.0. The van der Waals surface area contributed by atoms with Crippen molar-refractivity contribution in [2.24, 2.45) is 11.3 Å². The number of benzene rings is 1. The van der Waals surface area contributed by atoms with Crippen LogP contribution in [-0.4, -0.2) is 40.1 Å². The Kier molecular flexibility index (Phi) is 4.50. The Morgan fingerprint density at radius 1 is 1.33 bits per heavy atom. The molecule has 1 N–H and O–H groups in total. The van der Waals surface area contributed by atoms with E-state index < -0.39 is 11.4 Å². The van der Waals surface area contributed by atoms with Gasteiger partial charge in [-0.25, -0.2) is 0 Å². The maximum Gasteiger partial charge on any atom is 0.311 e. The van der Waals surface area contributed by atoms with Gasteiger partial charge in [-0.2, -0.15) is 0 Å². The number of carboxylic acid groups (broad SMARTS) is 1. The Morgan fingerprint density at radius 3 is 2.81 bits per heavy atom. The molecule has 0 radical (unpaired) electrons. The molecule has 27 heavy (non-hydrogen) atoms. The average Bonchev–Trinajstić information content (AvgIpc) is 3.41. The van der Waals surface area contributed by atoms with E-state index in [1.807, 2.05) is 37.3 Å². The van der Waals surface area contributed by atoms with Crippen molar-refractivity contribution in [2.45, 2.75) is 39.0 Å². The summed E-state index contributed by atoms with van der Waals surface area (Å²) in [6.07, 6.45) is 3.34. The highest BCUT2D eigenvalue weighted by atomic mass is 16.5. The largest absolute Gasteiger partial charge is 0.481 e. The lowest BCUT2D eigenvalue weighted by Crippen LogP contribution is -2.51. The van der Waals surface area contributed by atoms with Crippen LogP contribution in [0.25, 0.3) is 11.3 Å². The van der Waals surface area contributed by atoms with Gasteiger partial charge < -0.3 is 14.5 Å². The molecule has 1 amide bonds. The second kappa shape index (κ2) is 6.83. The summed E-state index contributed by atoms with van der Waals surface area (Å²) in [4.78, 5) is 26.4. The van der Waals surface area contributed by atoms with Gasteiger partial charge in [0, 0.05) is 37.1 Å². The van der Waals surface area contributed by atoms with E-state index >= 15 is 0 Å². The lowest BCUT2D eigenvalue weighted by molar-refractivity contribution is -0.155. The van der Waals surface area contributed by atoms with Crippen LogP contribution >= 0.6 is 0 Å². The molecule has 2 heterocycles. The summed E-state index contributed by atoms with van der Waals surface area (Å²) in [7, 11) is 0. The van der Waals surface area contributed by atoms with Crippen LogP contribution in [0, 0.1) is 18.3 Å². The third kappa shape index (κ3) is 3.48. The number of likely N-dealkylation sites (tertiary alicyclic amines) is 1. The number of carbonyl (C=O) groups excluding carboxylic acids is 1. The third-order valence-electron chi connectivity index (χ3n) is 5.76. The fourth-order valence-corrected chi connectivity index (χ4v) is 4.02. The van der Waals surface area contributed by atoms with Crippen molar-refractivity contribution in [1.82, 2.24) is 10.1 Å². The highest BCUT2D eigenvalue weighted by Crippen LogP contribution is 2.38. The van der Waals surface area contributed by atoms with Crippen LogP contribution in [0.15, 0.2) is 34.9 Å². The number of amides is 1. The molecule has 1 aromatic heterocycles. The van der Waals surface area contributed by atoms with E-state index in [4.69, 9.17) is 4.52 Å². The number of aromatic nitrogens is 1. The van der Waals surface area contributed by atoms with E-state index in [0.717, 1.165) is 24.0 Å². The van der Waals surface area contributed by atoms with Gasteiger partial charge in [0.05, 0.1) is 5.41 Å². The first-order valence-electron chi connectivity index (χ1n) is 9.52. The van der Waals surface area contributed by atoms with Gasteiger partial charge in [-0.05, 0) is 38.2 Å². The van der Waals surface area contributed by atoms with Crippen LogP contribution < -0.4 is 0 Å². The van der Waals surface area contributed by atoms with Crippen LogP contribution in [0.2, 0.25) is 0 Å². The molecular formula is C21H24N2O4.